The first-order valence-electron chi connectivity index (χ1n) is 9.72. The SMILES string of the molecule is NC(=NCc1ccccc1S(=O)(=O)N1CCCCC1)NC1CCCCC1. The molecule has 0 aromatic heterocycles. The van der Waals surface area contributed by atoms with E-state index < -0.39 is 10.0 Å². The van der Waals surface area contributed by atoms with Crippen LogP contribution < -0.4 is 11.1 Å². The summed E-state index contributed by atoms with van der Waals surface area (Å²) in [5, 5.41) is 3.28. The van der Waals surface area contributed by atoms with Crippen molar-refractivity contribution in [1.29, 1.82) is 0 Å². The van der Waals surface area contributed by atoms with Crippen LogP contribution in [0.4, 0.5) is 0 Å². The lowest BCUT2D eigenvalue weighted by molar-refractivity contribution is 0.346. The van der Waals surface area contributed by atoms with E-state index in [9.17, 15) is 8.42 Å². The molecule has 0 atom stereocenters. The Morgan fingerprint density at radius 2 is 1.73 bits per heavy atom. The summed E-state index contributed by atoms with van der Waals surface area (Å²) in [5.74, 6) is 0.405. The highest BCUT2D eigenvalue weighted by Crippen LogP contribution is 2.24. The molecule has 3 rings (SSSR count). The summed E-state index contributed by atoms with van der Waals surface area (Å²) in [7, 11) is -3.46. The van der Waals surface area contributed by atoms with Gasteiger partial charge in [-0.3, -0.25) is 0 Å². The first kappa shape index (κ1) is 19.2. The minimum absolute atomic E-state index is 0.273. The number of nitrogens with zero attached hydrogens (tertiary/aromatic N) is 2. The molecular formula is C19H30N4O2S. The van der Waals surface area contributed by atoms with Crippen LogP contribution in [0.15, 0.2) is 34.2 Å². The number of hydrogen-bond acceptors (Lipinski definition) is 3. The van der Waals surface area contributed by atoms with Crippen LogP contribution >= 0.6 is 0 Å². The average Bonchev–Trinajstić information content (AvgIpc) is 2.68. The predicted molar refractivity (Wildman–Crippen MR) is 104 cm³/mol. The molecule has 2 fully saturated rings. The number of hydrogen-bond donors (Lipinski definition) is 2. The van der Waals surface area contributed by atoms with E-state index in [0.29, 0.717) is 35.5 Å². The predicted octanol–water partition coefficient (Wildman–Crippen LogP) is 2.60. The van der Waals surface area contributed by atoms with E-state index in [4.69, 9.17) is 5.73 Å². The molecule has 1 saturated carbocycles. The Hall–Kier alpha value is -1.60. The maximum atomic E-state index is 13.0. The molecule has 1 aliphatic carbocycles. The van der Waals surface area contributed by atoms with Gasteiger partial charge in [0.05, 0.1) is 11.4 Å². The van der Waals surface area contributed by atoms with Crippen molar-refractivity contribution >= 4 is 16.0 Å². The van der Waals surface area contributed by atoms with Crippen LogP contribution in [0.1, 0.15) is 56.9 Å². The molecule has 1 aromatic rings. The highest BCUT2D eigenvalue weighted by molar-refractivity contribution is 7.89. The highest BCUT2D eigenvalue weighted by Gasteiger charge is 2.27. The molecule has 6 nitrogen and oxygen atoms in total. The normalized spacial score (nSPS) is 20.8. The van der Waals surface area contributed by atoms with E-state index in [-0.39, 0.29) is 6.54 Å². The van der Waals surface area contributed by atoms with E-state index in [0.717, 1.165) is 32.1 Å². The van der Waals surface area contributed by atoms with Gasteiger partial charge in [0.25, 0.3) is 0 Å². The summed E-state index contributed by atoms with van der Waals surface area (Å²) in [5.41, 5.74) is 6.73. The molecule has 3 N–H and O–H groups in total. The van der Waals surface area contributed by atoms with E-state index in [1.807, 2.05) is 12.1 Å². The fourth-order valence-electron chi connectivity index (χ4n) is 3.80. The Morgan fingerprint density at radius 1 is 1.08 bits per heavy atom. The maximum Gasteiger partial charge on any atom is 0.243 e. The van der Waals surface area contributed by atoms with E-state index >= 15 is 0 Å². The molecular weight excluding hydrogens is 348 g/mol. The number of sulfonamides is 1. The number of benzene rings is 1. The Morgan fingerprint density at radius 3 is 2.46 bits per heavy atom. The van der Waals surface area contributed by atoms with Crippen molar-refractivity contribution in [2.75, 3.05) is 13.1 Å². The zero-order chi connectivity index (χ0) is 18.4. The van der Waals surface area contributed by atoms with E-state index in [2.05, 4.69) is 10.3 Å². The van der Waals surface area contributed by atoms with Gasteiger partial charge >= 0.3 is 0 Å². The lowest BCUT2D eigenvalue weighted by Gasteiger charge is -2.26. The monoisotopic (exact) mass is 378 g/mol. The molecule has 0 unspecified atom stereocenters. The summed E-state index contributed by atoms with van der Waals surface area (Å²) < 4.78 is 27.6. The average molecular weight is 379 g/mol. The second-order valence-electron chi connectivity index (χ2n) is 7.25. The lowest BCUT2D eigenvalue weighted by Crippen LogP contribution is -2.41. The van der Waals surface area contributed by atoms with E-state index in [1.54, 1.807) is 16.4 Å². The van der Waals surface area contributed by atoms with Crippen LogP contribution in [0.3, 0.4) is 0 Å². The topological polar surface area (TPSA) is 87.8 Å². The van der Waals surface area contributed by atoms with Gasteiger partial charge in [-0.15, -0.1) is 0 Å². The van der Waals surface area contributed by atoms with Crippen molar-refractivity contribution < 1.29 is 8.42 Å². The standard InChI is InChI=1S/C19H30N4O2S/c20-19(22-17-10-3-1-4-11-17)21-15-16-9-5-6-12-18(16)26(24,25)23-13-7-2-8-14-23/h5-6,9,12,17H,1-4,7-8,10-11,13-15H2,(H3,20,21,22). The van der Waals surface area contributed by atoms with Crippen LogP contribution in [0, 0.1) is 0 Å². The van der Waals surface area contributed by atoms with Gasteiger partial charge in [-0.05, 0) is 37.3 Å². The second-order valence-corrected chi connectivity index (χ2v) is 9.16. The molecule has 0 radical (unpaired) electrons. The van der Waals surface area contributed by atoms with Gasteiger partial charge in [-0.2, -0.15) is 4.31 Å². The summed E-state index contributed by atoms with van der Waals surface area (Å²) in [6.07, 6.45) is 8.93. The van der Waals surface area contributed by atoms with Crippen LogP contribution in [0.5, 0.6) is 0 Å². The minimum Gasteiger partial charge on any atom is -0.370 e. The van der Waals surface area contributed by atoms with E-state index in [1.165, 1.54) is 19.3 Å². The van der Waals surface area contributed by atoms with Gasteiger partial charge in [0.2, 0.25) is 10.0 Å². The van der Waals surface area contributed by atoms with Crippen molar-refractivity contribution in [3.63, 3.8) is 0 Å². The molecule has 1 aromatic carbocycles. The zero-order valence-corrected chi connectivity index (χ0v) is 16.2. The molecule has 144 valence electrons. The number of guanidine groups is 1. The number of nitrogens with two attached hydrogens (primary N) is 1. The van der Waals surface area contributed by atoms with Gasteiger partial charge in [0.1, 0.15) is 0 Å². The van der Waals surface area contributed by atoms with Gasteiger partial charge in [-0.25, -0.2) is 13.4 Å². The number of aliphatic imine (C=N–C) groups is 1. The first-order valence-corrected chi connectivity index (χ1v) is 11.2. The molecule has 26 heavy (non-hydrogen) atoms. The number of nitrogens with one attached hydrogen (secondary N) is 1. The third-order valence-corrected chi connectivity index (χ3v) is 7.28. The van der Waals surface area contributed by atoms with Gasteiger partial charge in [-0.1, -0.05) is 43.9 Å². The summed E-state index contributed by atoms with van der Waals surface area (Å²) in [6.45, 7) is 1.48. The minimum atomic E-state index is -3.46. The highest BCUT2D eigenvalue weighted by atomic mass is 32.2. The quantitative estimate of drug-likeness (QED) is 0.609. The van der Waals surface area contributed by atoms with Crippen molar-refractivity contribution in [2.45, 2.75) is 68.8 Å². The Kier molecular flexibility index (Phi) is 6.53. The van der Waals surface area contributed by atoms with Crippen molar-refractivity contribution in [3.8, 4) is 0 Å². The summed E-state index contributed by atoms with van der Waals surface area (Å²) in [4.78, 5) is 4.77. The molecule has 2 aliphatic rings. The molecule has 0 amide bonds. The third kappa shape index (κ3) is 4.76. The fraction of sp³-hybridized carbons (Fsp3) is 0.632. The van der Waals surface area contributed by atoms with Crippen LogP contribution in [-0.4, -0.2) is 37.8 Å². The Labute approximate surface area is 156 Å². The number of piperidine rings is 1. The molecule has 0 spiro atoms. The summed E-state index contributed by atoms with van der Waals surface area (Å²) in [6, 6.07) is 7.52. The largest absolute Gasteiger partial charge is 0.370 e. The van der Waals surface area contributed by atoms with Gasteiger partial charge in [0.15, 0.2) is 5.96 Å². The van der Waals surface area contributed by atoms with Crippen LogP contribution in [0.2, 0.25) is 0 Å². The molecule has 7 heteroatoms. The zero-order valence-electron chi connectivity index (χ0n) is 15.4. The molecule has 1 saturated heterocycles. The first-order chi connectivity index (χ1) is 12.6. The molecule has 1 heterocycles. The molecule has 0 bridgehead atoms. The number of rotatable bonds is 5. The van der Waals surface area contributed by atoms with Crippen LogP contribution in [-0.2, 0) is 16.6 Å². The Balaban J connectivity index is 1.71. The van der Waals surface area contributed by atoms with Crippen molar-refractivity contribution in [1.82, 2.24) is 9.62 Å². The van der Waals surface area contributed by atoms with Crippen molar-refractivity contribution in [3.05, 3.63) is 29.8 Å². The smallest absolute Gasteiger partial charge is 0.243 e. The third-order valence-electron chi connectivity index (χ3n) is 5.28. The lowest BCUT2D eigenvalue weighted by atomic mass is 9.96. The summed E-state index contributed by atoms with van der Waals surface area (Å²) >= 11 is 0. The Bertz CT molecular complexity index is 721. The maximum absolute atomic E-state index is 13.0. The van der Waals surface area contributed by atoms with Crippen molar-refractivity contribution in [2.24, 2.45) is 10.7 Å². The van der Waals surface area contributed by atoms with Gasteiger partial charge in [0, 0.05) is 19.1 Å². The van der Waals surface area contributed by atoms with Gasteiger partial charge < -0.3 is 11.1 Å². The molecule has 1 aliphatic heterocycles. The second kappa shape index (κ2) is 8.86. The fourth-order valence-corrected chi connectivity index (χ4v) is 5.53. The van der Waals surface area contributed by atoms with Crippen LogP contribution in [0.25, 0.3) is 0 Å².